The predicted molar refractivity (Wildman–Crippen MR) is 50.9 cm³/mol. The maximum Gasteiger partial charge on any atom is 0.348 e. The number of allylic oxidation sites excluding steroid dienone is 1. The van der Waals surface area contributed by atoms with Crippen LogP contribution in [0, 0.1) is 0 Å². The number of aromatic amines is 1. The second-order valence-corrected chi connectivity index (χ2v) is 2.82. The largest absolute Gasteiger partial charge is 0.477 e. The molecule has 1 aromatic heterocycles. The Kier molecular flexibility index (Phi) is 3.61. The summed E-state index contributed by atoms with van der Waals surface area (Å²) in [6.45, 7) is 0. The maximum atomic E-state index is 10.3. The van der Waals surface area contributed by atoms with E-state index in [0.717, 1.165) is 6.21 Å². The molecule has 1 rings (SSSR count). The van der Waals surface area contributed by atoms with Gasteiger partial charge in [0.2, 0.25) is 5.95 Å². The average Bonchev–Trinajstić information content (AvgIpc) is 2.65. The van der Waals surface area contributed by atoms with Gasteiger partial charge in [-0.05, 0) is 0 Å². The second-order valence-electron chi connectivity index (χ2n) is 2.03. The Morgan fingerprint density at radius 3 is 2.86 bits per heavy atom. The van der Waals surface area contributed by atoms with Crippen molar-refractivity contribution >= 4 is 41.3 Å². The molecular weight excluding hydrogens is 231 g/mol. The molecule has 0 unspecified atom stereocenters. The molecule has 0 aliphatic heterocycles. The third-order valence-corrected chi connectivity index (χ3v) is 1.85. The quantitative estimate of drug-likeness (QED) is 0.609. The Morgan fingerprint density at radius 2 is 2.36 bits per heavy atom. The summed E-state index contributed by atoms with van der Waals surface area (Å²) in [6, 6.07) is 0. The van der Waals surface area contributed by atoms with Gasteiger partial charge < -0.3 is 5.11 Å². The maximum absolute atomic E-state index is 10.3. The van der Waals surface area contributed by atoms with Crippen molar-refractivity contribution in [2.45, 2.75) is 0 Å². The number of halogens is 2. The molecule has 6 nitrogen and oxygen atoms in total. The van der Waals surface area contributed by atoms with Crippen LogP contribution < -0.4 is 0 Å². The normalized spacial score (nSPS) is 13.0. The fourth-order valence-electron chi connectivity index (χ4n) is 0.538. The molecule has 0 saturated carbocycles. The van der Waals surface area contributed by atoms with Gasteiger partial charge in [0.1, 0.15) is 11.4 Å². The minimum absolute atomic E-state index is 0.185. The van der Waals surface area contributed by atoms with E-state index in [-0.39, 0.29) is 11.0 Å². The summed E-state index contributed by atoms with van der Waals surface area (Å²) in [7, 11) is 0. The number of H-pyrrole nitrogens is 1. The number of aromatic nitrogens is 3. The van der Waals surface area contributed by atoms with Crippen LogP contribution in [0.4, 0.5) is 5.95 Å². The number of hydrogen-bond donors (Lipinski definition) is 2. The van der Waals surface area contributed by atoms with Crippen LogP contribution >= 0.6 is 23.2 Å². The second kappa shape index (κ2) is 4.73. The van der Waals surface area contributed by atoms with Crippen LogP contribution in [0.3, 0.4) is 0 Å². The summed E-state index contributed by atoms with van der Waals surface area (Å²) in [4.78, 5) is 17.7. The molecule has 0 fully saturated rings. The molecule has 0 saturated heterocycles. The van der Waals surface area contributed by atoms with E-state index in [0.29, 0.717) is 0 Å². The fraction of sp³-hybridized carbons (Fsp3) is 0. The Labute approximate surface area is 88.3 Å². The molecule has 2 N–H and O–H groups in total. The summed E-state index contributed by atoms with van der Waals surface area (Å²) in [6.07, 6.45) is 2.32. The van der Waals surface area contributed by atoms with Gasteiger partial charge in [0.15, 0.2) is 0 Å². The molecule has 0 aromatic carbocycles. The van der Waals surface area contributed by atoms with E-state index < -0.39 is 11.0 Å². The monoisotopic (exact) mass is 234 g/mol. The zero-order valence-corrected chi connectivity index (χ0v) is 8.12. The highest BCUT2D eigenvalue weighted by Gasteiger charge is 2.07. The highest BCUT2D eigenvalue weighted by Crippen LogP contribution is 2.12. The summed E-state index contributed by atoms with van der Waals surface area (Å²) < 4.78 is 0. The van der Waals surface area contributed by atoms with Crippen molar-refractivity contribution in [3.63, 3.8) is 0 Å². The molecule has 8 heteroatoms. The molecular formula is C6H4Cl2N4O2. The Balaban J connectivity index is 2.79. The average molecular weight is 235 g/mol. The first kappa shape index (κ1) is 10.7. The first-order valence-corrected chi connectivity index (χ1v) is 4.05. The SMILES string of the molecule is O=C(O)/C(Cl)=C(/Cl)C=Nc1ncn[nH]1. The van der Waals surface area contributed by atoms with Crippen molar-refractivity contribution in [2.24, 2.45) is 4.99 Å². The van der Waals surface area contributed by atoms with Gasteiger partial charge in [0.05, 0.1) is 11.2 Å². The van der Waals surface area contributed by atoms with E-state index in [9.17, 15) is 4.79 Å². The number of hydrogen-bond acceptors (Lipinski definition) is 4. The van der Waals surface area contributed by atoms with E-state index >= 15 is 0 Å². The predicted octanol–water partition coefficient (Wildman–Crippen LogP) is 1.28. The van der Waals surface area contributed by atoms with Crippen LogP contribution in [-0.2, 0) is 4.79 Å². The van der Waals surface area contributed by atoms with Crippen molar-refractivity contribution in [3.8, 4) is 0 Å². The lowest BCUT2D eigenvalue weighted by molar-refractivity contribution is -0.131. The zero-order valence-electron chi connectivity index (χ0n) is 6.61. The zero-order chi connectivity index (χ0) is 10.6. The standard InChI is InChI=1S/C6H4Cl2N4O2/c7-3(4(8)5(13)14)1-9-6-10-2-11-12-6/h1-2H,(H,13,14)(H,10,11,12)/b4-3-,9-1?. The topological polar surface area (TPSA) is 91.2 Å². The number of aliphatic imine (C=N–C) groups is 1. The van der Waals surface area contributed by atoms with Gasteiger partial charge in [0, 0.05) is 0 Å². The first-order chi connectivity index (χ1) is 6.61. The molecule has 14 heavy (non-hydrogen) atoms. The molecule has 0 atom stereocenters. The van der Waals surface area contributed by atoms with E-state index in [4.69, 9.17) is 28.3 Å². The van der Waals surface area contributed by atoms with Crippen LogP contribution in [0.5, 0.6) is 0 Å². The molecule has 0 amide bonds. The molecule has 0 bridgehead atoms. The molecule has 0 aliphatic carbocycles. The number of carboxylic acid groups (broad SMARTS) is 1. The van der Waals surface area contributed by atoms with Crippen LogP contribution in [0.2, 0.25) is 0 Å². The van der Waals surface area contributed by atoms with Crippen molar-refractivity contribution in [1.29, 1.82) is 0 Å². The van der Waals surface area contributed by atoms with Gasteiger partial charge in [-0.2, -0.15) is 10.1 Å². The number of carboxylic acids is 1. The smallest absolute Gasteiger partial charge is 0.348 e. The lowest BCUT2D eigenvalue weighted by Gasteiger charge is -1.90. The van der Waals surface area contributed by atoms with Gasteiger partial charge >= 0.3 is 5.97 Å². The van der Waals surface area contributed by atoms with Crippen LogP contribution in [0.1, 0.15) is 0 Å². The molecule has 74 valence electrons. The summed E-state index contributed by atoms with van der Waals surface area (Å²) >= 11 is 10.8. The van der Waals surface area contributed by atoms with Crippen molar-refractivity contribution in [2.75, 3.05) is 0 Å². The van der Waals surface area contributed by atoms with Crippen molar-refractivity contribution in [3.05, 3.63) is 16.4 Å². The van der Waals surface area contributed by atoms with Crippen LogP contribution in [-0.4, -0.2) is 32.5 Å². The Hall–Kier alpha value is -1.40. The van der Waals surface area contributed by atoms with Crippen molar-refractivity contribution < 1.29 is 9.90 Å². The summed E-state index contributed by atoms with van der Waals surface area (Å²) in [5.41, 5.74) is 0. The van der Waals surface area contributed by atoms with Crippen LogP contribution in [0.15, 0.2) is 21.4 Å². The molecule has 0 spiro atoms. The van der Waals surface area contributed by atoms with Crippen molar-refractivity contribution in [1.82, 2.24) is 15.2 Å². The summed E-state index contributed by atoms with van der Waals surface area (Å²) in [5, 5.41) is 13.7. The molecule has 1 heterocycles. The Bertz CT molecular complexity index is 385. The van der Waals surface area contributed by atoms with Gasteiger partial charge in [-0.25, -0.2) is 14.9 Å². The number of nitrogens with zero attached hydrogens (tertiary/aromatic N) is 3. The fourth-order valence-corrected chi connectivity index (χ4v) is 0.716. The van der Waals surface area contributed by atoms with Gasteiger partial charge in [0.25, 0.3) is 0 Å². The number of aliphatic carboxylic acids is 1. The van der Waals surface area contributed by atoms with E-state index in [1.165, 1.54) is 6.33 Å². The number of rotatable bonds is 3. The number of carbonyl (C=O) groups is 1. The highest BCUT2D eigenvalue weighted by molar-refractivity contribution is 6.51. The Morgan fingerprint density at radius 1 is 1.64 bits per heavy atom. The molecule has 0 radical (unpaired) electrons. The third kappa shape index (κ3) is 2.82. The number of nitrogens with one attached hydrogen (secondary N) is 1. The summed E-state index contributed by atoms with van der Waals surface area (Å²) in [5.74, 6) is -1.11. The molecule has 1 aromatic rings. The minimum atomic E-state index is -1.32. The third-order valence-electron chi connectivity index (χ3n) is 1.10. The lowest BCUT2D eigenvalue weighted by Crippen LogP contribution is -1.96. The molecule has 0 aliphatic rings. The van der Waals surface area contributed by atoms with E-state index in [1.807, 2.05) is 0 Å². The highest BCUT2D eigenvalue weighted by atomic mass is 35.5. The van der Waals surface area contributed by atoms with Crippen LogP contribution in [0.25, 0.3) is 0 Å². The van der Waals surface area contributed by atoms with Gasteiger partial charge in [-0.15, -0.1) is 0 Å². The first-order valence-electron chi connectivity index (χ1n) is 3.29. The minimum Gasteiger partial charge on any atom is -0.477 e. The van der Waals surface area contributed by atoms with Gasteiger partial charge in [-0.1, -0.05) is 23.2 Å². The van der Waals surface area contributed by atoms with Gasteiger partial charge in [-0.3, -0.25) is 0 Å². The van der Waals surface area contributed by atoms with E-state index in [2.05, 4.69) is 20.2 Å². The lowest BCUT2D eigenvalue weighted by atomic mass is 10.5. The van der Waals surface area contributed by atoms with E-state index in [1.54, 1.807) is 0 Å².